The van der Waals surface area contributed by atoms with Gasteiger partial charge in [-0.15, -0.1) is 11.3 Å². The van der Waals surface area contributed by atoms with Crippen LogP contribution < -0.4 is 5.32 Å². The highest BCUT2D eigenvalue weighted by molar-refractivity contribution is 7.19. The predicted octanol–water partition coefficient (Wildman–Crippen LogP) is 3.47. The van der Waals surface area contributed by atoms with Gasteiger partial charge in [-0.2, -0.15) is 15.6 Å². The summed E-state index contributed by atoms with van der Waals surface area (Å²) in [6, 6.07) is 6.51. The van der Waals surface area contributed by atoms with E-state index in [9.17, 15) is 10.5 Å². The zero-order valence-corrected chi connectivity index (χ0v) is 13.4. The molecule has 5 nitrogen and oxygen atoms in total. The number of allylic oxidation sites excluding steroid dienone is 4. The minimum atomic E-state index is -0.292. The van der Waals surface area contributed by atoms with Gasteiger partial charge < -0.3 is 5.32 Å². The molecule has 0 radical (unpaired) electrons. The number of thiophene rings is 1. The number of H-pyrrole nitrogens is 1. The topological polar surface area (TPSA) is 88.3 Å². The van der Waals surface area contributed by atoms with E-state index in [1.165, 1.54) is 0 Å². The zero-order chi connectivity index (χ0) is 15.9. The molecule has 6 heteroatoms. The van der Waals surface area contributed by atoms with Crippen LogP contribution in [0.1, 0.15) is 37.3 Å². The van der Waals surface area contributed by atoms with Gasteiger partial charge in [0.05, 0.1) is 39.6 Å². The molecule has 2 N–H and O–H groups in total. The molecule has 3 heterocycles. The largest absolute Gasteiger partial charge is 0.361 e. The molecule has 0 fully saturated rings. The van der Waals surface area contributed by atoms with Crippen molar-refractivity contribution in [2.75, 3.05) is 0 Å². The number of dihydropyridines is 1. The number of hydrogen-bond donors (Lipinski definition) is 2. The molecule has 3 rings (SSSR count). The zero-order valence-electron chi connectivity index (χ0n) is 12.6. The normalized spacial score (nSPS) is 15.9. The quantitative estimate of drug-likeness (QED) is 0.889. The van der Waals surface area contributed by atoms with Crippen molar-refractivity contribution >= 4 is 21.6 Å². The van der Waals surface area contributed by atoms with Crippen LogP contribution in [0.15, 0.2) is 28.6 Å². The van der Waals surface area contributed by atoms with Crippen molar-refractivity contribution in [1.29, 1.82) is 10.5 Å². The fourth-order valence-electron chi connectivity index (χ4n) is 2.83. The summed E-state index contributed by atoms with van der Waals surface area (Å²) in [5.41, 5.74) is 4.83. The molecule has 0 saturated heterocycles. The van der Waals surface area contributed by atoms with Gasteiger partial charge in [0.15, 0.2) is 0 Å². The number of fused-ring (bicyclic) bond motifs is 1. The van der Waals surface area contributed by atoms with Gasteiger partial charge in [0.2, 0.25) is 0 Å². The van der Waals surface area contributed by atoms with E-state index in [-0.39, 0.29) is 5.92 Å². The summed E-state index contributed by atoms with van der Waals surface area (Å²) >= 11 is 1.61. The molecular weight excluding hydrogens is 294 g/mol. The summed E-state index contributed by atoms with van der Waals surface area (Å²) in [5, 5.41) is 29.5. The third-order valence-corrected chi connectivity index (χ3v) is 5.21. The van der Waals surface area contributed by atoms with Crippen LogP contribution in [0.5, 0.6) is 0 Å². The Balaban J connectivity index is 2.20. The molecule has 0 saturated carbocycles. The first kappa shape index (κ1) is 14.4. The lowest BCUT2D eigenvalue weighted by Gasteiger charge is -2.24. The molecule has 0 spiro atoms. The Hall–Kier alpha value is -2.57. The number of rotatable bonds is 2. The van der Waals surface area contributed by atoms with Gasteiger partial charge in [-0.1, -0.05) is 6.92 Å². The molecule has 1 aliphatic rings. The first-order chi connectivity index (χ1) is 10.6. The number of nitrogens with one attached hydrogen (secondary N) is 2. The smallest absolute Gasteiger partial charge is 0.103 e. The molecule has 2 aromatic rings. The monoisotopic (exact) mass is 309 g/mol. The Morgan fingerprint density at radius 1 is 1.23 bits per heavy atom. The van der Waals surface area contributed by atoms with Crippen molar-refractivity contribution in [1.82, 2.24) is 15.5 Å². The molecule has 110 valence electrons. The lowest BCUT2D eigenvalue weighted by Crippen LogP contribution is -2.22. The molecule has 0 aliphatic carbocycles. The summed E-state index contributed by atoms with van der Waals surface area (Å²) in [7, 11) is 0. The van der Waals surface area contributed by atoms with Crippen molar-refractivity contribution in [3.63, 3.8) is 0 Å². The van der Waals surface area contributed by atoms with Crippen LogP contribution in [-0.2, 0) is 6.42 Å². The van der Waals surface area contributed by atoms with Crippen molar-refractivity contribution in [2.24, 2.45) is 0 Å². The maximum absolute atomic E-state index is 9.52. The first-order valence-corrected chi connectivity index (χ1v) is 7.87. The second-order valence-corrected chi connectivity index (χ2v) is 6.36. The molecule has 0 unspecified atom stereocenters. The standard InChI is InChI=1S/C16H15N5S/c1-4-12-16-13(21-20-12)5-14(22-16)15-10(6-17)8(2)19-9(3)11(15)7-18/h5,15,19H,4H2,1-3H3,(H,20,21). The first-order valence-electron chi connectivity index (χ1n) is 7.06. The fourth-order valence-corrected chi connectivity index (χ4v) is 4.12. The average molecular weight is 309 g/mol. The predicted molar refractivity (Wildman–Crippen MR) is 85.9 cm³/mol. The second-order valence-electron chi connectivity index (χ2n) is 5.28. The molecule has 0 amide bonds. The summed E-state index contributed by atoms with van der Waals surface area (Å²) in [4.78, 5) is 0.995. The molecular formula is C16H15N5S. The van der Waals surface area contributed by atoms with E-state index in [1.54, 1.807) is 11.3 Å². The van der Waals surface area contributed by atoms with Crippen molar-refractivity contribution in [3.05, 3.63) is 39.2 Å². The summed E-state index contributed by atoms with van der Waals surface area (Å²) in [6.45, 7) is 5.83. The van der Waals surface area contributed by atoms with Crippen LogP contribution in [0.3, 0.4) is 0 Å². The molecule has 1 aliphatic heterocycles. The lowest BCUT2D eigenvalue weighted by molar-refractivity contribution is 0.822. The van der Waals surface area contributed by atoms with Gasteiger partial charge in [-0.25, -0.2) is 0 Å². The number of aryl methyl sites for hydroxylation is 1. The van der Waals surface area contributed by atoms with Crippen LogP contribution in [0.25, 0.3) is 10.2 Å². The highest BCUT2D eigenvalue weighted by Crippen LogP contribution is 2.42. The summed E-state index contributed by atoms with van der Waals surface area (Å²) in [6.07, 6.45) is 0.878. The number of nitrogens with zero attached hydrogens (tertiary/aromatic N) is 3. The number of nitriles is 2. The lowest BCUT2D eigenvalue weighted by atomic mass is 9.86. The fraction of sp³-hybridized carbons (Fsp3) is 0.312. The van der Waals surface area contributed by atoms with E-state index in [0.29, 0.717) is 11.1 Å². The van der Waals surface area contributed by atoms with Gasteiger partial charge in [-0.3, -0.25) is 5.10 Å². The number of aromatic nitrogens is 2. The molecule has 0 atom stereocenters. The van der Waals surface area contributed by atoms with Crippen molar-refractivity contribution < 1.29 is 0 Å². The molecule has 22 heavy (non-hydrogen) atoms. The van der Waals surface area contributed by atoms with Gasteiger partial charge in [0, 0.05) is 16.3 Å². The SMILES string of the molecule is CCc1[nH]nc2cc(C3C(C#N)=C(C)NC(C)=C3C#N)sc12. The Kier molecular flexibility index (Phi) is 3.48. The summed E-state index contributed by atoms with van der Waals surface area (Å²) < 4.78 is 1.11. The minimum absolute atomic E-state index is 0.292. The number of hydrogen-bond acceptors (Lipinski definition) is 5. The third-order valence-electron chi connectivity index (χ3n) is 3.96. The average Bonchev–Trinajstić information content (AvgIpc) is 3.06. The van der Waals surface area contributed by atoms with Crippen LogP contribution in [0, 0.1) is 22.7 Å². The maximum atomic E-state index is 9.52. The Bertz CT molecular complexity index is 861. The van der Waals surface area contributed by atoms with Gasteiger partial charge in [-0.05, 0) is 26.3 Å². The minimum Gasteiger partial charge on any atom is -0.361 e. The number of aromatic amines is 1. The Labute approximate surface area is 132 Å². The van der Waals surface area contributed by atoms with Gasteiger partial charge >= 0.3 is 0 Å². The highest BCUT2D eigenvalue weighted by Gasteiger charge is 2.31. The van der Waals surface area contributed by atoms with Crippen LogP contribution in [0.2, 0.25) is 0 Å². The van der Waals surface area contributed by atoms with Crippen LogP contribution >= 0.6 is 11.3 Å². The van der Waals surface area contributed by atoms with Gasteiger partial charge in [0.25, 0.3) is 0 Å². The van der Waals surface area contributed by atoms with Crippen molar-refractivity contribution in [2.45, 2.75) is 33.1 Å². The van der Waals surface area contributed by atoms with E-state index in [4.69, 9.17) is 0 Å². The third kappa shape index (κ3) is 2.01. The summed E-state index contributed by atoms with van der Waals surface area (Å²) in [5.74, 6) is -0.292. The highest BCUT2D eigenvalue weighted by atomic mass is 32.1. The maximum Gasteiger partial charge on any atom is 0.103 e. The molecule has 0 aromatic carbocycles. The van der Waals surface area contributed by atoms with Gasteiger partial charge in [0.1, 0.15) is 5.52 Å². The van der Waals surface area contributed by atoms with E-state index >= 15 is 0 Å². The Morgan fingerprint density at radius 2 is 1.86 bits per heavy atom. The van der Waals surface area contributed by atoms with E-state index in [2.05, 4.69) is 34.6 Å². The van der Waals surface area contributed by atoms with E-state index in [0.717, 1.165) is 38.6 Å². The Morgan fingerprint density at radius 3 is 2.41 bits per heavy atom. The van der Waals surface area contributed by atoms with E-state index in [1.807, 2.05) is 19.9 Å². The molecule has 0 bridgehead atoms. The van der Waals surface area contributed by atoms with Crippen molar-refractivity contribution in [3.8, 4) is 12.1 Å². The van der Waals surface area contributed by atoms with E-state index < -0.39 is 0 Å². The molecule has 2 aromatic heterocycles. The second kappa shape index (κ2) is 5.32. The van der Waals surface area contributed by atoms with Crippen LogP contribution in [-0.4, -0.2) is 10.2 Å². The van der Waals surface area contributed by atoms with Crippen LogP contribution in [0.4, 0.5) is 0 Å².